The number of hydrogen-bond donors (Lipinski definition) is 1. The Kier molecular flexibility index (Phi) is 3.21. The SMILES string of the molecule is O=C(CC1Cc2ccccc21)C1CSCCN1. The predicted octanol–water partition coefficient (Wildman–Crippen LogP) is 1.99. The molecule has 1 heterocycles. The third kappa shape index (κ3) is 2.26. The van der Waals surface area contributed by atoms with Crippen molar-refractivity contribution in [2.45, 2.75) is 24.8 Å². The van der Waals surface area contributed by atoms with Crippen LogP contribution >= 0.6 is 11.8 Å². The molecule has 1 aromatic rings. The second kappa shape index (κ2) is 4.83. The average Bonchev–Trinajstić information content (AvgIpc) is 2.37. The third-order valence-corrected chi connectivity index (χ3v) is 4.78. The van der Waals surface area contributed by atoms with Gasteiger partial charge in [0, 0.05) is 24.5 Å². The largest absolute Gasteiger partial charge is 0.306 e. The Morgan fingerprint density at radius 2 is 2.29 bits per heavy atom. The molecule has 1 saturated heterocycles. The summed E-state index contributed by atoms with van der Waals surface area (Å²) in [5, 5.41) is 3.33. The Bertz CT molecular complexity index is 426. The highest BCUT2D eigenvalue weighted by molar-refractivity contribution is 7.99. The van der Waals surface area contributed by atoms with E-state index in [0.29, 0.717) is 11.7 Å². The number of Topliss-reactive ketones (excluding diaryl/α,β-unsaturated/α-hetero) is 1. The van der Waals surface area contributed by atoms with Gasteiger partial charge >= 0.3 is 0 Å². The zero-order valence-electron chi connectivity index (χ0n) is 9.82. The molecular formula is C14H17NOS. The van der Waals surface area contributed by atoms with E-state index in [4.69, 9.17) is 0 Å². The van der Waals surface area contributed by atoms with Gasteiger partial charge in [-0.2, -0.15) is 11.8 Å². The standard InChI is InChI=1S/C14H17NOS/c16-14(13-9-17-6-5-15-13)8-11-7-10-3-1-2-4-12(10)11/h1-4,11,13,15H,5-9H2. The van der Waals surface area contributed by atoms with Crippen LogP contribution in [0, 0.1) is 0 Å². The van der Waals surface area contributed by atoms with Gasteiger partial charge in [-0.1, -0.05) is 24.3 Å². The van der Waals surface area contributed by atoms with Gasteiger partial charge in [-0.3, -0.25) is 4.79 Å². The van der Waals surface area contributed by atoms with Gasteiger partial charge in [0.2, 0.25) is 0 Å². The van der Waals surface area contributed by atoms with Gasteiger partial charge in [-0.25, -0.2) is 0 Å². The molecule has 1 aliphatic carbocycles. The molecule has 2 aliphatic rings. The van der Waals surface area contributed by atoms with E-state index in [-0.39, 0.29) is 6.04 Å². The Hall–Kier alpha value is -0.800. The molecule has 1 aliphatic heterocycles. The van der Waals surface area contributed by atoms with Crippen LogP contribution in [-0.4, -0.2) is 29.9 Å². The van der Waals surface area contributed by atoms with E-state index in [0.717, 1.165) is 30.9 Å². The molecule has 2 nitrogen and oxygen atoms in total. The monoisotopic (exact) mass is 247 g/mol. The van der Waals surface area contributed by atoms with Crippen LogP contribution in [0.25, 0.3) is 0 Å². The number of carbonyl (C=O) groups is 1. The predicted molar refractivity (Wildman–Crippen MR) is 71.6 cm³/mol. The lowest BCUT2D eigenvalue weighted by Crippen LogP contribution is -2.44. The number of nitrogens with one attached hydrogen (secondary N) is 1. The Morgan fingerprint density at radius 3 is 3.06 bits per heavy atom. The summed E-state index contributed by atoms with van der Waals surface area (Å²) in [5.74, 6) is 2.97. The molecule has 0 bridgehead atoms. The summed E-state index contributed by atoms with van der Waals surface area (Å²) in [4.78, 5) is 12.1. The number of carbonyl (C=O) groups excluding carboxylic acids is 1. The van der Waals surface area contributed by atoms with Crippen molar-refractivity contribution >= 4 is 17.5 Å². The lowest BCUT2D eigenvalue weighted by atomic mass is 9.74. The van der Waals surface area contributed by atoms with Gasteiger partial charge in [0.15, 0.2) is 5.78 Å². The molecule has 1 N–H and O–H groups in total. The molecule has 2 unspecified atom stereocenters. The summed E-state index contributed by atoms with van der Waals surface area (Å²) in [6, 6.07) is 8.59. The highest BCUT2D eigenvalue weighted by Crippen LogP contribution is 2.37. The van der Waals surface area contributed by atoms with Crippen LogP contribution in [0.5, 0.6) is 0 Å². The zero-order valence-corrected chi connectivity index (χ0v) is 10.6. The van der Waals surface area contributed by atoms with Gasteiger partial charge in [0.25, 0.3) is 0 Å². The fraction of sp³-hybridized carbons (Fsp3) is 0.500. The van der Waals surface area contributed by atoms with Crippen molar-refractivity contribution in [3.63, 3.8) is 0 Å². The highest BCUT2D eigenvalue weighted by Gasteiger charge is 2.30. The lowest BCUT2D eigenvalue weighted by Gasteiger charge is -2.31. The first kappa shape index (κ1) is 11.3. The second-order valence-electron chi connectivity index (χ2n) is 4.85. The van der Waals surface area contributed by atoms with Crippen molar-refractivity contribution < 1.29 is 4.79 Å². The number of thioether (sulfide) groups is 1. The molecule has 3 heteroatoms. The smallest absolute Gasteiger partial charge is 0.151 e. The number of hydrogen-bond acceptors (Lipinski definition) is 3. The Morgan fingerprint density at radius 1 is 1.41 bits per heavy atom. The molecule has 90 valence electrons. The van der Waals surface area contributed by atoms with Gasteiger partial charge < -0.3 is 5.32 Å². The van der Waals surface area contributed by atoms with Crippen molar-refractivity contribution in [3.05, 3.63) is 35.4 Å². The third-order valence-electron chi connectivity index (χ3n) is 3.72. The molecule has 0 saturated carbocycles. The van der Waals surface area contributed by atoms with E-state index in [1.165, 1.54) is 11.1 Å². The quantitative estimate of drug-likeness (QED) is 0.885. The highest BCUT2D eigenvalue weighted by atomic mass is 32.2. The van der Waals surface area contributed by atoms with Gasteiger partial charge in [-0.05, 0) is 23.5 Å². The van der Waals surface area contributed by atoms with Gasteiger partial charge in [0.05, 0.1) is 6.04 Å². The van der Waals surface area contributed by atoms with E-state index in [1.54, 1.807) is 0 Å². The molecule has 2 atom stereocenters. The zero-order chi connectivity index (χ0) is 11.7. The van der Waals surface area contributed by atoms with E-state index in [9.17, 15) is 4.79 Å². The minimum atomic E-state index is 0.0986. The van der Waals surface area contributed by atoms with E-state index in [2.05, 4.69) is 29.6 Å². The minimum Gasteiger partial charge on any atom is -0.306 e. The molecule has 17 heavy (non-hydrogen) atoms. The fourth-order valence-corrected chi connectivity index (χ4v) is 3.67. The molecule has 1 aromatic carbocycles. The first-order valence-corrected chi connectivity index (χ1v) is 7.41. The summed E-state index contributed by atoms with van der Waals surface area (Å²) in [6.45, 7) is 0.975. The summed E-state index contributed by atoms with van der Waals surface area (Å²) < 4.78 is 0. The van der Waals surface area contributed by atoms with Crippen molar-refractivity contribution in [2.24, 2.45) is 0 Å². The number of ketones is 1. The van der Waals surface area contributed by atoms with E-state index >= 15 is 0 Å². The molecular weight excluding hydrogens is 230 g/mol. The first-order chi connectivity index (χ1) is 8.34. The van der Waals surface area contributed by atoms with Crippen LogP contribution in [0.1, 0.15) is 23.5 Å². The van der Waals surface area contributed by atoms with E-state index in [1.807, 2.05) is 11.8 Å². The molecule has 1 fully saturated rings. The summed E-state index contributed by atoms with van der Waals surface area (Å²) in [6.07, 6.45) is 1.80. The summed E-state index contributed by atoms with van der Waals surface area (Å²) in [5.41, 5.74) is 2.82. The number of rotatable bonds is 3. The van der Waals surface area contributed by atoms with Crippen LogP contribution in [0.3, 0.4) is 0 Å². The average molecular weight is 247 g/mol. The molecule has 0 spiro atoms. The molecule has 3 rings (SSSR count). The topological polar surface area (TPSA) is 29.1 Å². The maximum absolute atomic E-state index is 12.1. The van der Waals surface area contributed by atoms with Crippen LogP contribution in [0.15, 0.2) is 24.3 Å². The molecule has 0 amide bonds. The molecule has 0 radical (unpaired) electrons. The van der Waals surface area contributed by atoms with Crippen LogP contribution in [0.4, 0.5) is 0 Å². The summed E-state index contributed by atoms with van der Waals surface area (Å²) >= 11 is 1.89. The van der Waals surface area contributed by atoms with Crippen molar-refractivity contribution in [1.29, 1.82) is 0 Å². The Labute approximate surface area is 106 Å². The lowest BCUT2D eigenvalue weighted by molar-refractivity contribution is -0.121. The number of benzene rings is 1. The van der Waals surface area contributed by atoms with E-state index < -0.39 is 0 Å². The minimum absolute atomic E-state index is 0.0986. The van der Waals surface area contributed by atoms with Crippen molar-refractivity contribution in [2.75, 3.05) is 18.1 Å². The summed E-state index contributed by atoms with van der Waals surface area (Å²) in [7, 11) is 0. The normalized spacial score (nSPS) is 27.1. The van der Waals surface area contributed by atoms with Crippen LogP contribution in [-0.2, 0) is 11.2 Å². The van der Waals surface area contributed by atoms with Gasteiger partial charge in [0.1, 0.15) is 0 Å². The Balaban J connectivity index is 1.60. The second-order valence-corrected chi connectivity index (χ2v) is 6.00. The van der Waals surface area contributed by atoms with Crippen molar-refractivity contribution in [3.8, 4) is 0 Å². The van der Waals surface area contributed by atoms with Crippen LogP contribution in [0.2, 0.25) is 0 Å². The maximum Gasteiger partial charge on any atom is 0.151 e. The van der Waals surface area contributed by atoms with Crippen molar-refractivity contribution in [1.82, 2.24) is 5.32 Å². The van der Waals surface area contributed by atoms with Gasteiger partial charge in [-0.15, -0.1) is 0 Å². The fourth-order valence-electron chi connectivity index (χ4n) is 2.70. The van der Waals surface area contributed by atoms with Crippen LogP contribution < -0.4 is 5.32 Å². The maximum atomic E-state index is 12.1. The number of fused-ring (bicyclic) bond motifs is 1. The first-order valence-electron chi connectivity index (χ1n) is 6.26. The molecule has 0 aromatic heterocycles.